The third-order valence-corrected chi connectivity index (χ3v) is 8.03. The van der Waals surface area contributed by atoms with Crippen LogP contribution in [0, 0.1) is 5.92 Å². The van der Waals surface area contributed by atoms with Gasteiger partial charge in [0.2, 0.25) is 27.7 Å². The van der Waals surface area contributed by atoms with Crippen LogP contribution in [0.25, 0.3) is 11.5 Å². The molecule has 9 nitrogen and oxygen atoms in total. The molecule has 1 saturated heterocycles. The number of piperazine rings is 1. The molecule has 2 unspecified atom stereocenters. The average Bonchev–Trinajstić information content (AvgIpc) is 3.42. The number of hydrogen-bond acceptors (Lipinski definition) is 6. The van der Waals surface area contributed by atoms with Crippen LogP contribution < -0.4 is 5.32 Å². The van der Waals surface area contributed by atoms with E-state index in [2.05, 4.69) is 10.3 Å². The molecule has 2 amide bonds. The lowest BCUT2D eigenvalue weighted by Crippen LogP contribution is -2.65. The summed E-state index contributed by atoms with van der Waals surface area (Å²) in [6.45, 7) is 5.54. The number of oxazole rings is 1. The van der Waals surface area contributed by atoms with Crippen LogP contribution in [0.2, 0.25) is 0 Å². The maximum atomic E-state index is 13.4. The van der Waals surface area contributed by atoms with E-state index < -0.39 is 28.0 Å². The summed E-state index contributed by atoms with van der Waals surface area (Å²) in [6, 6.07) is 14.1. The number of carbonyl (C=O) groups excluding carboxylic acids is 2. The van der Waals surface area contributed by atoms with Crippen LogP contribution in [0.15, 0.2) is 76.4 Å². The third kappa shape index (κ3) is 5.34. The number of rotatable bonds is 7. The Bertz CT molecular complexity index is 1290. The van der Waals surface area contributed by atoms with Gasteiger partial charge in [0, 0.05) is 37.2 Å². The predicted octanol–water partition coefficient (Wildman–Crippen LogP) is 2.90. The minimum Gasteiger partial charge on any atom is -0.445 e. The molecule has 1 N–H and O–H groups in total. The highest BCUT2D eigenvalue weighted by molar-refractivity contribution is 7.89. The average molecular weight is 511 g/mol. The van der Waals surface area contributed by atoms with E-state index in [1.165, 1.54) is 27.6 Å². The van der Waals surface area contributed by atoms with Crippen molar-refractivity contribution in [3.8, 4) is 11.5 Å². The van der Waals surface area contributed by atoms with E-state index in [9.17, 15) is 18.0 Å². The number of nitrogens with zero attached hydrogens (tertiary/aromatic N) is 3. The quantitative estimate of drug-likeness (QED) is 0.523. The molecule has 1 fully saturated rings. The lowest BCUT2D eigenvalue weighted by Gasteiger charge is -2.44. The van der Waals surface area contributed by atoms with E-state index in [1.807, 2.05) is 24.3 Å². The summed E-state index contributed by atoms with van der Waals surface area (Å²) in [7, 11) is -3.82. The molecule has 0 saturated carbocycles. The van der Waals surface area contributed by atoms with Crippen molar-refractivity contribution in [2.75, 3.05) is 13.1 Å². The Hall–Kier alpha value is -3.50. The van der Waals surface area contributed by atoms with Gasteiger partial charge in [-0.3, -0.25) is 9.59 Å². The van der Waals surface area contributed by atoms with Gasteiger partial charge in [0.15, 0.2) is 0 Å². The lowest BCUT2D eigenvalue weighted by molar-refractivity contribution is -0.148. The van der Waals surface area contributed by atoms with E-state index in [0.717, 1.165) is 11.1 Å². The van der Waals surface area contributed by atoms with Crippen molar-refractivity contribution in [3.05, 3.63) is 72.6 Å². The normalized spacial score (nSPS) is 18.8. The fourth-order valence-electron chi connectivity index (χ4n) is 4.30. The summed E-state index contributed by atoms with van der Waals surface area (Å²) in [6.07, 6.45) is 3.07. The number of sulfonamides is 1. The van der Waals surface area contributed by atoms with Crippen LogP contribution in [0.3, 0.4) is 0 Å². The zero-order valence-electron chi connectivity index (χ0n) is 20.5. The molecule has 0 aliphatic carbocycles. The standard InChI is InChI=1S/C26H30N4O5S/c1-18(2)26(32)30-19(3)16-29(36(33,34)22-7-5-4-6-8-22)17-23(30)24(31)28-15-20-9-11-21(12-10-20)25-27-13-14-35-25/h4-14,18-19,23H,15-17H2,1-3H3,(H,28,31). The maximum Gasteiger partial charge on any atom is 0.244 e. The van der Waals surface area contributed by atoms with E-state index >= 15 is 0 Å². The van der Waals surface area contributed by atoms with Gasteiger partial charge in [-0.1, -0.05) is 44.2 Å². The van der Waals surface area contributed by atoms with E-state index in [-0.39, 0.29) is 36.4 Å². The van der Waals surface area contributed by atoms with Gasteiger partial charge in [0.1, 0.15) is 12.3 Å². The van der Waals surface area contributed by atoms with Gasteiger partial charge in [-0.05, 0) is 36.8 Å². The topological polar surface area (TPSA) is 113 Å². The van der Waals surface area contributed by atoms with Crippen molar-refractivity contribution >= 4 is 21.8 Å². The molecular weight excluding hydrogens is 480 g/mol. The van der Waals surface area contributed by atoms with Crippen LogP contribution in [-0.2, 0) is 26.2 Å². The largest absolute Gasteiger partial charge is 0.445 e. The molecule has 10 heteroatoms. The number of hydrogen-bond donors (Lipinski definition) is 1. The highest BCUT2D eigenvalue weighted by Crippen LogP contribution is 2.25. The Labute approximate surface area is 211 Å². The van der Waals surface area contributed by atoms with Gasteiger partial charge >= 0.3 is 0 Å². The van der Waals surface area contributed by atoms with Gasteiger partial charge in [-0.25, -0.2) is 13.4 Å². The first-order valence-corrected chi connectivity index (χ1v) is 13.3. The van der Waals surface area contributed by atoms with Crippen LogP contribution in [0.5, 0.6) is 0 Å². The van der Waals surface area contributed by atoms with E-state index in [0.29, 0.717) is 5.89 Å². The molecule has 4 rings (SSSR count). The lowest BCUT2D eigenvalue weighted by atomic mass is 10.0. The minimum atomic E-state index is -3.82. The Kier molecular flexibility index (Phi) is 7.56. The van der Waals surface area contributed by atoms with Gasteiger partial charge in [-0.2, -0.15) is 4.31 Å². The third-order valence-electron chi connectivity index (χ3n) is 6.19. The number of amides is 2. The zero-order chi connectivity index (χ0) is 25.9. The number of carbonyl (C=O) groups is 2. The van der Waals surface area contributed by atoms with Crippen molar-refractivity contribution in [3.63, 3.8) is 0 Å². The van der Waals surface area contributed by atoms with Gasteiger partial charge < -0.3 is 14.6 Å². The second kappa shape index (κ2) is 10.6. The molecule has 36 heavy (non-hydrogen) atoms. The molecule has 2 heterocycles. The Balaban J connectivity index is 1.53. The summed E-state index contributed by atoms with van der Waals surface area (Å²) >= 11 is 0. The highest BCUT2D eigenvalue weighted by atomic mass is 32.2. The maximum absolute atomic E-state index is 13.4. The van der Waals surface area contributed by atoms with Crippen molar-refractivity contribution in [2.24, 2.45) is 5.92 Å². The second-order valence-electron chi connectivity index (χ2n) is 9.15. The molecule has 0 radical (unpaired) electrons. The fourth-order valence-corrected chi connectivity index (χ4v) is 5.85. The van der Waals surface area contributed by atoms with Crippen molar-refractivity contribution in [2.45, 2.75) is 44.3 Å². The Morgan fingerprint density at radius 3 is 2.39 bits per heavy atom. The molecule has 2 atom stereocenters. The molecule has 1 aliphatic rings. The van der Waals surface area contributed by atoms with Crippen LogP contribution in [0.4, 0.5) is 0 Å². The highest BCUT2D eigenvalue weighted by Gasteiger charge is 2.43. The molecule has 190 valence electrons. The number of aromatic nitrogens is 1. The summed E-state index contributed by atoms with van der Waals surface area (Å²) in [4.78, 5) is 32.2. The van der Waals surface area contributed by atoms with Gasteiger partial charge in [0.25, 0.3) is 0 Å². The molecule has 0 bridgehead atoms. The van der Waals surface area contributed by atoms with Crippen molar-refractivity contribution in [1.29, 1.82) is 0 Å². The summed E-state index contributed by atoms with van der Waals surface area (Å²) < 4.78 is 33.2. The molecule has 2 aromatic carbocycles. The Morgan fingerprint density at radius 2 is 1.78 bits per heavy atom. The monoisotopic (exact) mass is 510 g/mol. The first-order valence-electron chi connectivity index (χ1n) is 11.8. The number of nitrogens with one attached hydrogen (secondary N) is 1. The second-order valence-corrected chi connectivity index (χ2v) is 11.1. The van der Waals surface area contributed by atoms with E-state index in [1.54, 1.807) is 45.2 Å². The molecular formula is C26H30N4O5S. The summed E-state index contributed by atoms with van der Waals surface area (Å²) in [5.41, 5.74) is 1.66. The molecule has 3 aromatic rings. The molecule has 1 aromatic heterocycles. The summed E-state index contributed by atoms with van der Waals surface area (Å²) in [5, 5.41) is 2.89. The molecule has 1 aliphatic heterocycles. The van der Waals surface area contributed by atoms with Gasteiger partial charge in [0.05, 0.1) is 11.1 Å². The van der Waals surface area contributed by atoms with Crippen LogP contribution in [0.1, 0.15) is 26.3 Å². The molecule has 0 spiro atoms. The zero-order valence-corrected chi connectivity index (χ0v) is 21.3. The predicted molar refractivity (Wildman–Crippen MR) is 134 cm³/mol. The minimum absolute atomic E-state index is 0.113. The first kappa shape index (κ1) is 25.6. The number of benzene rings is 2. The van der Waals surface area contributed by atoms with Crippen LogP contribution >= 0.6 is 0 Å². The van der Waals surface area contributed by atoms with Crippen molar-refractivity contribution in [1.82, 2.24) is 19.5 Å². The van der Waals surface area contributed by atoms with Crippen LogP contribution in [-0.4, -0.2) is 59.6 Å². The van der Waals surface area contributed by atoms with E-state index in [4.69, 9.17) is 4.42 Å². The van der Waals surface area contributed by atoms with Gasteiger partial charge in [-0.15, -0.1) is 0 Å². The summed E-state index contributed by atoms with van der Waals surface area (Å²) in [5.74, 6) is -0.414. The fraction of sp³-hybridized carbons (Fsp3) is 0.346. The first-order chi connectivity index (χ1) is 17.2. The SMILES string of the molecule is CC(C)C(=O)N1C(C)CN(S(=O)(=O)c2ccccc2)CC1C(=O)NCc1ccc(-c2ncco2)cc1. The van der Waals surface area contributed by atoms with Crippen molar-refractivity contribution < 1.29 is 22.4 Å². The smallest absolute Gasteiger partial charge is 0.244 e. The Morgan fingerprint density at radius 1 is 1.08 bits per heavy atom.